The summed E-state index contributed by atoms with van der Waals surface area (Å²) < 4.78 is 0. The second kappa shape index (κ2) is 6.12. The molecule has 0 spiro atoms. The van der Waals surface area contributed by atoms with Gasteiger partial charge >= 0.3 is 0 Å². The highest BCUT2D eigenvalue weighted by Gasteiger charge is 2.27. The van der Waals surface area contributed by atoms with Gasteiger partial charge in [0.15, 0.2) is 0 Å². The van der Waals surface area contributed by atoms with Crippen molar-refractivity contribution in [2.24, 2.45) is 5.73 Å². The molecule has 1 saturated heterocycles. The fourth-order valence-electron chi connectivity index (χ4n) is 2.49. The van der Waals surface area contributed by atoms with Crippen molar-refractivity contribution < 1.29 is 4.79 Å². The standard InChI is InChI=1S/C14H19N3OS/c1-11(18)16-7-9-17(10-8-16)13(14(15)19)12-5-3-2-4-6-12/h2-6,13H,7-10H2,1H3,(H2,15,19). The largest absolute Gasteiger partial charge is 0.392 e. The summed E-state index contributed by atoms with van der Waals surface area (Å²) in [4.78, 5) is 15.9. The number of hydrogen-bond acceptors (Lipinski definition) is 3. The highest BCUT2D eigenvalue weighted by molar-refractivity contribution is 7.80. The average Bonchev–Trinajstić information content (AvgIpc) is 2.40. The number of carbonyl (C=O) groups is 1. The van der Waals surface area contributed by atoms with Gasteiger partial charge in [-0.2, -0.15) is 0 Å². The zero-order valence-corrected chi connectivity index (χ0v) is 11.9. The summed E-state index contributed by atoms with van der Waals surface area (Å²) in [7, 11) is 0. The first-order chi connectivity index (χ1) is 9.09. The molecule has 1 amide bonds. The van der Waals surface area contributed by atoms with Gasteiger partial charge in [0.1, 0.15) is 0 Å². The Morgan fingerprint density at radius 2 is 1.79 bits per heavy atom. The Hall–Kier alpha value is -1.46. The van der Waals surface area contributed by atoms with Crippen LogP contribution in [-0.2, 0) is 4.79 Å². The van der Waals surface area contributed by atoms with Gasteiger partial charge < -0.3 is 10.6 Å². The third-order valence-corrected chi connectivity index (χ3v) is 3.73. The van der Waals surface area contributed by atoms with Crippen LogP contribution in [0.5, 0.6) is 0 Å². The molecule has 1 unspecified atom stereocenters. The molecular weight excluding hydrogens is 258 g/mol. The summed E-state index contributed by atoms with van der Waals surface area (Å²) in [5.74, 6) is 0.131. The van der Waals surface area contributed by atoms with Crippen LogP contribution in [0.3, 0.4) is 0 Å². The van der Waals surface area contributed by atoms with Crippen molar-refractivity contribution in [3.8, 4) is 0 Å². The van der Waals surface area contributed by atoms with Crippen molar-refractivity contribution in [1.29, 1.82) is 0 Å². The molecule has 1 aromatic rings. The fraction of sp³-hybridized carbons (Fsp3) is 0.429. The molecule has 0 saturated carbocycles. The maximum atomic E-state index is 11.3. The molecule has 4 nitrogen and oxygen atoms in total. The molecule has 0 bridgehead atoms. The van der Waals surface area contributed by atoms with E-state index in [-0.39, 0.29) is 11.9 Å². The number of carbonyl (C=O) groups excluding carboxylic acids is 1. The van der Waals surface area contributed by atoms with Gasteiger partial charge in [0.25, 0.3) is 0 Å². The normalized spacial score (nSPS) is 18.1. The van der Waals surface area contributed by atoms with Crippen molar-refractivity contribution in [3.63, 3.8) is 0 Å². The number of nitrogens with zero attached hydrogens (tertiary/aromatic N) is 2. The molecule has 1 aliphatic rings. The quantitative estimate of drug-likeness (QED) is 0.843. The lowest BCUT2D eigenvalue weighted by molar-refractivity contribution is -0.130. The SMILES string of the molecule is CC(=O)N1CCN(C(C(N)=S)c2ccccc2)CC1. The van der Waals surface area contributed by atoms with Gasteiger partial charge in [-0.25, -0.2) is 0 Å². The van der Waals surface area contributed by atoms with Crippen LogP contribution in [0.15, 0.2) is 30.3 Å². The smallest absolute Gasteiger partial charge is 0.219 e. The molecule has 1 aromatic carbocycles. The van der Waals surface area contributed by atoms with Crippen LogP contribution in [0.25, 0.3) is 0 Å². The molecule has 2 rings (SSSR count). The summed E-state index contributed by atoms with van der Waals surface area (Å²) in [6.45, 7) is 4.69. The van der Waals surface area contributed by atoms with Crippen LogP contribution in [0.1, 0.15) is 18.5 Å². The molecule has 1 atom stereocenters. The first-order valence-electron chi connectivity index (χ1n) is 6.43. The molecule has 102 valence electrons. The fourth-order valence-corrected chi connectivity index (χ4v) is 2.77. The van der Waals surface area contributed by atoms with E-state index in [1.54, 1.807) is 6.92 Å². The van der Waals surface area contributed by atoms with E-state index in [9.17, 15) is 4.79 Å². The van der Waals surface area contributed by atoms with Crippen molar-refractivity contribution in [1.82, 2.24) is 9.80 Å². The van der Waals surface area contributed by atoms with Crippen molar-refractivity contribution in [2.45, 2.75) is 13.0 Å². The van der Waals surface area contributed by atoms with Crippen LogP contribution in [0.4, 0.5) is 0 Å². The van der Waals surface area contributed by atoms with Crippen molar-refractivity contribution in [2.75, 3.05) is 26.2 Å². The van der Waals surface area contributed by atoms with Crippen LogP contribution in [-0.4, -0.2) is 46.9 Å². The Morgan fingerprint density at radius 3 is 2.26 bits per heavy atom. The van der Waals surface area contributed by atoms with E-state index >= 15 is 0 Å². The van der Waals surface area contributed by atoms with E-state index in [2.05, 4.69) is 4.90 Å². The topological polar surface area (TPSA) is 49.6 Å². The van der Waals surface area contributed by atoms with Gasteiger partial charge in [-0.1, -0.05) is 42.5 Å². The number of benzene rings is 1. The summed E-state index contributed by atoms with van der Waals surface area (Å²) in [5, 5.41) is 0. The number of rotatable bonds is 3. The second-order valence-corrected chi connectivity index (χ2v) is 5.23. The van der Waals surface area contributed by atoms with Gasteiger partial charge in [-0.05, 0) is 5.56 Å². The van der Waals surface area contributed by atoms with E-state index in [0.29, 0.717) is 4.99 Å². The molecule has 1 fully saturated rings. The van der Waals surface area contributed by atoms with Crippen LogP contribution in [0.2, 0.25) is 0 Å². The highest BCUT2D eigenvalue weighted by atomic mass is 32.1. The Kier molecular flexibility index (Phi) is 4.50. The predicted octanol–water partition coefficient (Wildman–Crippen LogP) is 1.18. The number of thiocarbonyl (C=S) groups is 1. The summed E-state index contributed by atoms with van der Waals surface area (Å²) in [6.07, 6.45) is 0. The zero-order chi connectivity index (χ0) is 13.8. The predicted molar refractivity (Wildman–Crippen MR) is 79.8 cm³/mol. The Labute approximate surface area is 119 Å². The minimum atomic E-state index is -0.0368. The third kappa shape index (κ3) is 3.30. The van der Waals surface area contributed by atoms with Crippen LogP contribution < -0.4 is 5.73 Å². The Morgan fingerprint density at radius 1 is 1.21 bits per heavy atom. The number of nitrogens with two attached hydrogens (primary N) is 1. The maximum Gasteiger partial charge on any atom is 0.219 e. The molecular formula is C14H19N3OS. The average molecular weight is 277 g/mol. The minimum absolute atomic E-state index is 0.0368. The summed E-state index contributed by atoms with van der Waals surface area (Å²) in [6, 6.07) is 10.0. The van der Waals surface area contributed by atoms with Gasteiger partial charge in [0.05, 0.1) is 11.0 Å². The Balaban J connectivity index is 2.10. The minimum Gasteiger partial charge on any atom is -0.392 e. The maximum absolute atomic E-state index is 11.3. The monoisotopic (exact) mass is 277 g/mol. The number of piperazine rings is 1. The van der Waals surface area contributed by atoms with Crippen LogP contribution >= 0.6 is 12.2 Å². The van der Waals surface area contributed by atoms with Crippen molar-refractivity contribution >= 4 is 23.1 Å². The molecule has 0 radical (unpaired) electrons. The highest BCUT2D eigenvalue weighted by Crippen LogP contribution is 2.22. The summed E-state index contributed by atoms with van der Waals surface area (Å²) in [5.41, 5.74) is 7.02. The lowest BCUT2D eigenvalue weighted by Crippen LogP contribution is -2.51. The van der Waals surface area contributed by atoms with Gasteiger partial charge in [0, 0.05) is 33.1 Å². The second-order valence-electron chi connectivity index (χ2n) is 4.76. The molecule has 0 aliphatic carbocycles. The first kappa shape index (κ1) is 14.0. The van der Waals surface area contributed by atoms with E-state index in [0.717, 1.165) is 31.7 Å². The number of amides is 1. The molecule has 5 heteroatoms. The van der Waals surface area contributed by atoms with E-state index in [4.69, 9.17) is 18.0 Å². The third-order valence-electron chi connectivity index (χ3n) is 3.51. The molecule has 1 heterocycles. The lowest BCUT2D eigenvalue weighted by atomic mass is 10.0. The molecule has 1 aliphatic heterocycles. The lowest BCUT2D eigenvalue weighted by Gasteiger charge is -2.38. The van der Waals surface area contributed by atoms with Crippen LogP contribution in [0, 0.1) is 0 Å². The molecule has 0 aromatic heterocycles. The molecule has 19 heavy (non-hydrogen) atoms. The van der Waals surface area contributed by atoms with Gasteiger partial charge in [0.2, 0.25) is 5.91 Å². The Bertz CT molecular complexity index is 455. The zero-order valence-electron chi connectivity index (χ0n) is 11.1. The molecule has 2 N–H and O–H groups in total. The van der Waals surface area contributed by atoms with E-state index in [1.165, 1.54) is 0 Å². The number of hydrogen-bond donors (Lipinski definition) is 1. The van der Waals surface area contributed by atoms with E-state index in [1.807, 2.05) is 35.2 Å². The first-order valence-corrected chi connectivity index (χ1v) is 6.84. The van der Waals surface area contributed by atoms with Crippen molar-refractivity contribution in [3.05, 3.63) is 35.9 Å². The van der Waals surface area contributed by atoms with Gasteiger partial charge in [-0.3, -0.25) is 9.69 Å². The van der Waals surface area contributed by atoms with E-state index < -0.39 is 0 Å². The van der Waals surface area contributed by atoms with Gasteiger partial charge in [-0.15, -0.1) is 0 Å². The summed E-state index contributed by atoms with van der Waals surface area (Å²) >= 11 is 5.22.